The van der Waals surface area contributed by atoms with Crippen molar-refractivity contribution in [3.05, 3.63) is 214 Å². The summed E-state index contributed by atoms with van der Waals surface area (Å²) in [5, 5.41) is 23.4. The first-order valence-electron chi connectivity index (χ1n) is 17.8. The molecule has 0 bridgehead atoms. The van der Waals surface area contributed by atoms with Gasteiger partial charge >= 0.3 is 0 Å². The number of aryl methyl sites for hydroxylation is 2. The second kappa shape index (κ2) is 15.3. The average molecular weight is 715 g/mol. The van der Waals surface area contributed by atoms with E-state index in [0.717, 1.165) is 44.9 Å². The molecule has 2 aliphatic heterocycles. The van der Waals surface area contributed by atoms with Crippen LogP contribution in [0.15, 0.2) is 170 Å². The second-order valence-electron chi connectivity index (χ2n) is 13.2. The van der Waals surface area contributed by atoms with Crippen LogP contribution >= 0.6 is 0 Å². The molecule has 0 aromatic heterocycles. The predicted octanol–water partition coefficient (Wildman–Crippen LogP) is 10.5. The Kier molecular flexibility index (Phi) is 10.2. The monoisotopic (exact) mass is 714 g/mol. The van der Waals surface area contributed by atoms with E-state index in [1.807, 2.05) is 146 Å². The Bertz CT molecular complexity index is 2110. The topological polar surface area (TPSA) is 77.4 Å². The fourth-order valence-corrected chi connectivity index (χ4v) is 7.04. The molecule has 270 valence electrons. The van der Waals surface area contributed by atoms with E-state index in [-0.39, 0.29) is 0 Å². The highest BCUT2D eigenvalue weighted by atomic mass is 16.5. The normalized spacial score (nSPS) is 13.6. The molecule has 7 aromatic rings. The summed E-state index contributed by atoms with van der Waals surface area (Å²) >= 11 is 0. The third kappa shape index (κ3) is 6.81. The van der Waals surface area contributed by atoms with Gasteiger partial charge in [-0.1, -0.05) is 132 Å². The van der Waals surface area contributed by atoms with Gasteiger partial charge in [0.15, 0.2) is 0 Å². The standard InChI is InChI=1S/2C20H16O3.C8H10/c2*1-22-15-12-10-14(11-13-15)20(21)16-6-2-4-8-18(16)23-19-9-5-3-7-17(19)20;1-7-4-3-5-8(2)6-7/h2*2-13,21H,1H3;3-6H,1-2H3. The second-order valence-corrected chi connectivity index (χ2v) is 13.2. The third-order valence-electron chi connectivity index (χ3n) is 9.74. The van der Waals surface area contributed by atoms with Crippen LogP contribution in [0, 0.1) is 13.8 Å². The Hall–Kier alpha value is -6.34. The van der Waals surface area contributed by atoms with Crippen LogP contribution in [-0.2, 0) is 11.2 Å². The van der Waals surface area contributed by atoms with Gasteiger partial charge in [-0.2, -0.15) is 0 Å². The average Bonchev–Trinajstić information content (AvgIpc) is 3.21. The van der Waals surface area contributed by atoms with Crippen molar-refractivity contribution in [3.8, 4) is 34.5 Å². The maximum Gasteiger partial charge on any atom is 0.147 e. The highest BCUT2D eigenvalue weighted by Gasteiger charge is 2.43. The molecular formula is C48H42O6. The van der Waals surface area contributed by atoms with E-state index < -0.39 is 11.2 Å². The van der Waals surface area contributed by atoms with Crippen LogP contribution in [0.4, 0.5) is 0 Å². The van der Waals surface area contributed by atoms with Gasteiger partial charge in [0.25, 0.3) is 0 Å². The van der Waals surface area contributed by atoms with E-state index in [1.165, 1.54) is 11.1 Å². The van der Waals surface area contributed by atoms with Gasteiger partial charge < -0.3 is 29.2 Å². The number of hydrogen-bond donors (Lipinski definition) is 2. The molecule has 7 aromatic carbocycles. The van der Waals surface area contributed by atoms with Crippen molar-refractivity contribution in [1.29, 1.82) is 0 Å². The van der Waals surface area contributed by atoms with Crippen LogP contribution in [0.2, 0.25) is 0 Å². The minimum Gasteiger partial charge on any atom is -0.497 e. The first-order valence-corrected chi connectivity index (χ1v) is 17.8. The van der Waals surface area contributed by atoms with E-state index in [2.05, 4.69) is 38.1 Å². The fourth-order valence-electron chi connectivity index (χ4n) is 7.04. The summed E-state index contributed by atoms with van der Waals surface area (Å²) in [5.74, 6) is 4.19. The molecule has 9 rings (SSSR count). The van der Waals surface area contributed by atoms with Gasteiger partial charge in [0.05, 0.1) is 14.2 Å². The lowest BCUT2D eigenvalue weighted by Gasteiger charge is -2.36. The Morgan fingerprint density at radius 1 is 0.389 bits per heavy atom. The number of rotatable bonds is 4. The van der Waals surface area contributed by atoms with Crippen molar-refractivity contribution in [2.45, 2.75) is 25.0 Å². The minimum absolute atomic E-state index is 0.671. The van der Waals surface area contributed by atoms with Gasteiger partial charge in [0.2, 0.25) is 0 Å². The van der Waals surface area contributed by atoms with Crippen LogP contribution < -0.4 is 18.9 Å². The fraction of sp³-hybridized carbons (Fsp3) is 0.125. The quantitative estimate of drug-likeness (QED) is 0.189. The maximum atomic E-state index is 11.7. The maximum absolute atomic E-state index is 11.7. The molecule has 0 atom stereocenters. The SMILES string of the molecule is COc1ccc(C2(O)c3ccccc3Oc3ccccc32)cc1.COc1ccc(C2(O)c3ccccc3Oc3ccccc32)cc1.Cc1cccc(C)c1. The molecule has 0 saturated carbocycles. The molecule has 2 aliphatic rings. The zero-order valence-electron chi connectivity index (χ0n) is 30.7. The molecule has 0 spiro atoms. The van der Waals surface area contributed by atoms with E-state index in [0.29, 0.717) is 23.0 Å². The molecule has 0 fully saturated rings. The van der Waals surface area contributed by atoms with Crippen molar-refractivity contribution in [3.63, 3.8) is 0 Å². The lowest BCUT2D eigenvalue weighted by molar-refractivity contribution is 0.112. The highest BCUT2D eigenvalue weighted by Crippen LogP contribution is 2.51. The number of hydrogen-bond acceptors (Lipinski definition) is 6. The summed E-state index contributed by atoms with van der Waals surface area (Å²) in [4.78, 5) is 0. The summed E-state index contributed by atoms with van der Waals surface area (Å²) in [6, 6.07) is 53.8. The molecule has 0 amide bonds. The molecule has 2 N–H and O–H groups in total. The van der Waals surface area contributed by atoms with Crippen molar-refractivity contribution < 1.29 is 29.2 Å². The van der Waals surface area contributed by atoms with Crippen molar-refractivity contribution in [2.24, 2.45) is 0 Å². The summed E-state index contributed by atoms with van der Waals surface area (Å²) in [6.45, 7) is 4.21. The summed E-state index contributed by atoms with van der Waals surface area (Å²) < 4.78 is 22.4. The van der Waals surface area contributed by atoms with Gasteiger partial charge in [-0.3, -0.25) is 0 Å². The Morgan fingerprint density at radius 3 is 0.944 bits per heavy atom. The molecule has 0 saturated heterocycles. The van der Waals surface area contributed by atoms with Crippen molar-refractivity contribution in [1.82, 2.24) is 0 Å². The first kappa shape index (κ1) is 36.0. The number of para-hydroxylation sites is 4. The van der Waals surface area contributed by atoms with Gasteiger partial charge in [0.1, 0.15) is 45.7 Å². The van der Waals surface area contributed by atoms with E-state index >= 15 is 0 Å². The minimum atomic E-state index is -1.25. The molecule has 6 heteroatoms. The van der Waals surface area contributed by atoms with Crippen LogP contribution in [0.25, 0.3) is 0 Å². The van der Waals surface area contributed by atoms with E-state index in [9.17, 15) is 10.2 Å². The van der Waals surface area contributed by atoms with Gasteiger partial charge in [0, 0.05) is 22.3 Å². The third-order valence-corrected chi connectivity index (χ3v) is 9.74. The molecule has 0 radical (unpaired) electrons. The van der Waals surface area contributed by atoms with Gasteiger partial charge in [-0.25, -0.2) is 0 Å². The molecule has 0 unspecified atom stereocenters. The summed E-state index contributed by atoms with van der Waals surface area (Å²) in [5.41, 5.74) is 4.69. The number of fused-ring (bicyclic) bond motifs is 4. The molecule has 6 nitrogen and oxygen atoms in total. The summed E-state index contributed by atoms with van der Waals surface area (Å²) in [6.07, 6.45) is 0. The Balaban J connectivity index is 0.000000139. The number of methoxy groups -OCH3 is 2. The first-order chi connectivity index (χ1) is 26.2. The molecule has 54 heavy (non-hydrogen) atoms. The van der Waals surface area contributed by atoms with E-state index in [4.69, 9.17) is 18.9 Å². The van der Waals surface area contributed by atoms with Crippen LogP contribution in [0.3, 0.4) is 0 Å². The van der Waals surface area contributed by atoms with E-state index in [1.54, 1.807) is 14.2 Å². The van der Waals surface area contributed by atoms with Gasteiger partial charge in [-0.15, -0.1) is 0 Å². The Morgan fingerprint density at radius 2 is 0.685 bits per heavy atom. The smallest absolute Gasteiger partial charge is 0.147 e. The van der Waals surface area contributed by atoms with Crippen molar-refractivity contribution in [2.75, 3.05) is 14.2 Å². The Labute approximate surface area is 316 Å². The number of benzene rings is 7. The van der Waals surface area contributed by atoms with Crippen LogP contribution in [-0.4, -0.2) is 24.4 Å². The molecule has 0 aliphatic carbocycles. The lowest BCUT2D eigenvalue weighted by Crippen LogP contribution is -2.32. The largest absolute Gasteiger partial charge is 0.497 e. The molecular weight excluding hydrogens is 673 g/mol. The number of aliphatic hydroxyl groups is 2. The van der Waals surface area contributed by atoms with Crippen molar-refractivity contribution >= 4 is 0 Å². The zero-order chi connectivity index (χ0) is 37.7. The zero-order valence-corrected chi connectivity index (χ0v) is 30.7. The lowest BCUT2D eigenvalue weighted by atomic mass is 9.78. The van der Waals surface area contributed by atoms with Crippen LogP contribution in [0.5, 0.6) is 34.5 Å². The highest BCUT2D eigenvalue weighted by molar-refractivity contribution is 5.62. The number of ether oxygens (including phenoxy) is 4. The molecule has 2 heterocycles. The summed E-state index contributed by atoms with van der Waals surface area (Å²) in [7, 11) is 3.26. The van der Waals surface area contributed by atoms with Crippen LogP contribution in [0.1, 0.15) is 44.5 Å². The van der Waals surface area contributed by atoms with Gasteiger partial charge in [-0.05, 0) is 73.5 Å². The predicted molar refractivity (Wildman–Crippen MR) is 212 cm³/mol.